The first-order valence-corrected chi connectivity index (χ1v) is 12.7. The summed E-state index contributed by atoms with van der Waals surface area (Å²) in [5.74, 6) is -2.35. The standard InChI is InChI=1S/C23H24N6O3S.C2HF3O2/c30-22(31)12-18(17-3-1-9-29-21(17)14-28-33-29)19-13-27-20-11-15(4-5-16(19)20)32-10-2-6-24-23-25-7-8-26-23;3-2(4,5)1(6)7/h1,3-5,7-9,11,13-14,18,27-28H,2,6,10,12H2,(H,30,31)(H2,24,25,26);(H,6,7). The Balaban J connectivity index is 0.000000470. The third-order valence-electron chi connectivity index (χ3n) is 5.81. The van der Waals surface area contributed by atoms with Crippen molar-refractivity contribution in [1.82, 2.24) is 24.0 Å². The highest BCUT2D eigenvalue weighted by atomic mass is 32.2. The number of hydrogen-bond acceptors (Lipinski definition) is 8. The fourth-order valence-electron chi connectivity index (χ4n) is 4.08. The van der Waals surface area contributed by atoms with E-state index in [0.717, 1.165) is 52.4 Å². The third kappa shape index (κ3) is 7.11. The van der Waals surface area contributed by atoms with Crippen LogP contribution in [0, 0.1) is 0 Å². The predicted molar refractivity (Wildman–Crippen MR) is 142 cm³/mol. The lowest BCUT2D eigenvalue weighted by Gasteiger charge is -2.26. The van der Waals surface area contributed by atoms with Gasteiger partial charge in [-0.3, -0.25) is 9.10 Å². The van der Waals surface area contributed by atoms with Gasteiger partial charge in [0.25, 0.3) is 0 Å². The summed E-state index contributed by atoms with van der Waals surface area (Å²) in [5.41, 5.74) is 3.83. The fraction of sp³-hybridized carbons (Fsp3) is 0.240. The molecule has 3 aromatic rings. The molecule has 1 atom stereocenters. The second-order valence-corrected chi connectivity index (χ2v) is 9.31. The maximum atomic E-state index is 11.7. The van der Waals surface area contributed by atoms with Gasteiger partial charge in [0.1, 0.15) is 5.75 Å². The SMILES string of the molecule is O=C(O)C(F)(F)F.O=C(O)CC(C1=CC=CN2SNC=C12)c1c[nH]c2cc(OCCCNc3ncc[nH]3)ccc12. The van der Waals surface area contributed by atoms with Gasteiger partial charge < -0.3 is 35.0 Å². The van der Waals surface area contributed by atoms with E-state index in [0.29, 0.717) is 6.61 Å². The number of alkyl halides is 3. The van der Waals surface area contributed by atoms with Crippen LogP contribution >= 0.6 is 12.1 Å². The molecule has 0 saturated carbocycles. The Kier molecular flexibility index (Phi) is 8.93. The summed E-state index contributed by atoms with van der Waals surface area (Å²) in [5, 5.41) is 20.9. The van der Waals surface area contributed by atoms with Gasteiger partial charge in [-0.1, -0.05) is 6.08 Å². The molecule has 40 heavy (non-hydrogen) atoms. The number of aromatic nitrogens is 3. The van der Waals surface area contributed by atoms with Crippen LogP contribution in [-0.2, 0) is 9.59 Å². The number of allylic oxidation sites excluding steroid dienone is 3. The van der Waals surface area contributed by atoms with Crippen LogP contribution in [-0.4, -0.2) is 60.7 Å². The van der Waals surface area contributed by atoms with Gasteiger partial charge in [-0.2, -0.15) is 13.2 Å². The maximum Gasteiger partial charge on any atom is 0.490 e. The van der Waals surface area contributed by atoms with E-state index in [9.17, 15) is 23.1 Å². The number of carboxylic acids is 2. The lowest BCUT2D eigenvalue weighted by atomic mass is 9.85. The highest BCUT2D eigenvalue weighted by Crippen LogP contribution is 2.42. The number of nitrogens with one attached hydrogen (secondary N) is 4. The van der Waals surface area contributed by atoms with E-state index in [4.69, 9.17) is 14.6 Å². The van der Waals surface area contributed by atoms with E-state index in [1.807, 2.05) is 53.3 Å². The molecular formula is C25H25F3N6O5S. The molecule has 0 amide bonds. The van der Waals surface area contributed by atoms with E-state index in [2.05, 4.69) is 25.0 Å². The second kappa shape index (κ2) is 12.5. The predicted octanol–water partition coefficient (Wildman–Crippen LogP) is 4.73. The molecule has 5 rings (SSSR count). The minimum Gasteiger partial charge on any atom is -0.493 e. The molecule has 15 heteroatoms. The second-order valence-electron chi connectivity index (χ2n) is 8.50. The Labute approximate surface area is 230 Å². The molecule has 0 spiro atoms. The normalized spacial score (nSPS) is 14.8. The number of carbonyl (C=O) groups is 2. The molecule has 1 unspecified atom stereocenters. The zero-order chi connectivity index (χ0) is 28.7. The van der Waals surface area contributed by atoms with Gasteiger partial charge in [0.15, 0.2) is 5.95 Å². The van der Waals surface area contributed by atoms with E-state index in [1.54, 1.807) is 12.4 Å². The van der Waals surface area contributed by atoms with Gasteiger partial charge in [-0.25, -0.2) is 9.78 Å². The largest absolute Gasteiger partial charge is 0.493 e. The van der Waals surface area contributed by atoms with Crippen LogP contribution in [0.25, 0.3) is 10.9 Å². The number of hydrogen-bond donors (Lipinski definition) is 6. The van der Waals surface area contributed by atoms with Gasteiger partial charge in [0.05, 0.1) is 30.9 Å². The first-order valence-electron chi connectivity index (χ1n) is 11.9. The van der Waals surface area contributed by atoms with Crippen LogP contribution in [0.2, 0.25) is 0 Å². The molecule has 0 saturated heterocycles. The highest BCUT2D eigenvalue weighted by Gasteiger charge is 2.38. The quantitative estimate of drug-likeness (QED) is 0.147. The number of carboxylic acid groups (broad SMARTS) is 2. The topological polar surface area (TPSA) is 156 Å². The number of benzene rings is 1. The zero-order valence-electron chi connectivity index (χ0n) is 20.7. The summed E-state index contributed by atoms with van der Waals surface area (Å²) < 4.78 is 42.8. The smallest absolute Gasteiger partial charge is 0.490 e. The number of rotatable bonds is 10. The van der Waals surface area contributed by atoms with Crippen LogP contribution < -0.4 is 14.8 Å². The molecule has 0 bridgehead atoms. The number of aliphatic carboxylic acids is 2. The van der Waals surface area contributed by atoms with E-state index < -0.39 is 18.1 Å². The summed E-state index contributed by atoms with van der Waals surface area (Å²) >= 11 is 1.46. The minimum absolute atomic E-state index is 0.00337. The molecule has 2 aromatic heterocycles. The average Bonchev–Trinajstić information content (AvgIpc) is 3.67. The molecule has 212 valence electrons. The van der Waals surface area contributed by atoms with Crippen molar-refractivity contribution >= 4 is 40.9 Å². The number of H-pyrrole nitrogens is 2. The third-order valence-corrected chi connectivity index (χ3v) is 6.55. The minimum atomic E-state index is -5.08. The molecule has 0 radical (unpaired) electrons. The number of anilines is 1. The molecule has 2 aliphatic rings. The van der Waals surface area contributed by atoms with Crippen LogP contribution in [0.3, 0.4) is 0 Å². The van der Waals surface area contributed by atoms with Crippen LogP contribution in [0.1, 0.15) is 24.3 Å². The number of ether oxygens (including phenoxy) is 1. The van der Waals surface area contributed by atoms with Gasteiger partial charge in [-0.05, 0) is 35.8 Å². The average molecular weight is 579 g/mol. The van der Waals surface area contributed by atoms with Crippen LogP contribution in [0.4, 0.5) is 19.1 Å². The van der Waals surface area contributed by atoms with Crippen molar-refractivity contribution in [1.29, 1.82) is 0 Å². The Morgan fingerprint density at radius 3 is 2.73 bits per heavy atom. The summed E-state index contributed by atoms with van der Waals surface area (Å²) in [4.78, 5) is 31.1. The fourth-order valence-corrected chi connectivity index (χ4v) is 4.74. The van der Waals surface area contributed by atoms with Crippen LogP contribution in [0.15, 0.2) is 72.6 Å². The number of aromatic amines is 2. The van der Waals surface area contributed by atoms with Gasteiger partial charge in [0, 0.05) is 60.4 Å². The van der Waals surface area contributed by atoms with E-state index in [1.165, 1.54) is 12.1 Å². The van der Waals surface area contributed by atoms with Crippen LogP contribution in [0.5, 0.6) is 5.75 Å². The van der Waals surface area contributed by atoms with Crippen molar-refractivity contribution in [2.24, 2.45) is 0 Å². The Bertz CT molecular complexity index is 1430. The van der Waals surface area contributed by atoms with Crippen molar-refractivity contribution in [2.75, 3.05) is 18.5 Å². The first kappa shape index (κ1) is 28.5. The Morgan fingerprint density at radius 2 is 2.02 bits per heavy atom. The van der Waals surface area contributed by atoms with Gasteiger partial charge in [0.2, 0.25) is 0 Å². The summed E-state index contributed by atoms with van der Waals surface area (Å²) in [6.07, 6.45) is 8.96. The molecule has 4 heterocycles. The molecule has 1 aromatic carbocycles. The Morgan fingerprint density at radius 1 is 1.23 bits per heavy atom. The van der Waals surface area contributed by atoms with Gasteiger partial charge in [-0.15, -0.1) is 0 Å². The summed E-state index contributed by atoms with van der Waals surface area (Å²) in [7, 11) is 0. The monoisotopic (exact) mass is 578 g/mol. The lowest BCUT2D eigenvalue weighted by molar-refractivity contribution is -0.192. The zero-order valence-corrected chi connectivity index (χ0v) is 21.6. The number of imidazole rings is 1. The number of halogens is 3. The molecule has 11 nitrogen and oxygen atoms in total. The van der Waals surface area contributed by atoms with E-state index in [-0.39, 0.29) is 12.3 Å². The summed E-state index contributed by atoms with van der Waals surface area (Å²) in [6.45, 7) is 1.32. The van der Waals surface area contributed by atoms with Gasteiger partial charge >= 0.3 is 18.1 Å². The molecular weight excluding hydrogens is 553 g/mol. The Hall–Kier alpha value is -4.53. The summed E-state index contributed by atoms with van der Waals surface area (Å²) in [6, 6.07) is 5.90. The van der Waals surface area contributed by atoms with Crippen molar-refractivity contribution in [3.8, 4) is 5.75 Å². The van der Waals surface area contributed by atoms with Crippen molar-refractivity contribution in [3.05, 3.63) is 78.2 Å². The van der Waals surface area contributed by atoms with Crippen molar-refractivity contribution < 1.29 is 37.7 Å². The molecule has 6 N–H and O–H groups in total. The van der Waals surface area contributed by atoms with E-state index >= 15 is 0 Å². The molecule has 0 fully saturated rings. The van der Waals surface area contributed by atoms with Crippen molar-refractivity contribution in [2.45, 2.75) is 24.9 Å². The number of nitrogens with zero attached hydrogens (tertiary/aromatic N) is 2. The molecule has 2 aliphatic heterocycles. The first-order chi connectivity index (χ1) is 19.1. The highest BCUT2D eigenvalue weighted by molar-refractivity contribution is 7.95. The maximum absolute atomic E-state index is 11.7. The molecule has 0 aliphatic carbocycles. The number of fused-ring (bicyclic) bond motifs is 2. The lowest BCUT2D eigenvalue weighted by Crippen LogP contribution is -2.21. The van der Waals surface area contributed by atoms with Crippen molar-refractivity contribution in [3.63, 3.8) is 0 Å².